The molecular formula is C29H35N3O8. The number of aliphatic hydroxyl groups is 2. The molecule has 0 saturated carbocycles. The third-order valence-corrected chi connectivity index (χ3v) is 5.76. The van der Waals surface area contributed by atoms with Gasteiger partial charge < -0.3 is 45.9 Å². The zero-order valence-electron chi connectivity index (χ0n) is 22.0. The first-order valence-electron chi connectivity index (χ1n) is 12.8. The molecule has 2 amide bonds. The van der Waals surface area contributed by atoms with Gasteiger partial charge in [0.15, 0.2) is 18.1 Å². The summed E-state index contributed by atoms with van der Waals surface area (Å²) in [7, 11) is 0. The number of primary amides is 1. The van der Waals surface area contributed by atoms with Crippen LogP contribution in [0.5, 0.6) is 23.0 Å². The normalized spacial score (nSPS) is 11.4. The quantitative estimate of drug-likeness (QED) is 0.143. The number of aliphatic hydroxyl groups excluding tert-OH is 2. The molecule has 0 heterocycles. The summed E-state index contributed by atoms with van der Waals surface area (Å²) in [4.78, 5) is 23.1. The molecule has 11 heteroatoms. The number of ether oxygens (including phenoxy) is 3. The van der Waals surface area contributed by atoms with Crippen molar-refractivity contribution in [1.82, 2.24) is 10.6 Å². The van der Waals surface area contributed by atoms with Gasteiger partial charge in [0.05, 0.1) is 18.8 Å². The van der Waals surface area contributed by atoms with Crippen molar-refractivity contribution < 1.29 is 39.1 Å². The van der Waals surface area contributed by atoms with Gasteiger partial charge in [-0.05, 0) is 41.5 Å². The highest BCUT2D eigenvalue weighted by Gasteiger charge is 2.12. The molecule has 11 nitrogen and oxygen atoms in total. The molecule has 1 unspecified atom stereocenters. The number of nitrogens with two attached hydrogens (primary N) is 1. The maximum atomic E-state index is 11.7. The minimum absolute atomic E-state index is 0.00213. The molecule has 40 heavy (non-hydrogen) atoms. The second-order valence-corrected chi connectivity index (χ2v) is 8.82. The van der Waals surface area contributed by atoms with E-state index in [4.69, 9.17) is 25.1 Å². The summed E-state index contributed by atoms with van der Waals surface area (Å²) in [6.45, 7) is 0.927. The molecule has 3 aromatic rings. The van der Waals surface area contributed by atoms with Crippen molar-refractivity contribution in [3.05, 3.63) is 83.4 Å². The van der Waals surface area contributed by atoms with Gasteiger partial charge in [0.25, 0.3) is 11.8 Å². The Morgan fingerprint density at radius 1 is 0.925 bits per heavy atom. The molecule has 7 N–H and O–H groups in total. The van der Waals surface area contributed by atoms with E-state index in [0.717, 1.165) is 11.1 Å². The number of nitrogens with one attached hydrogen (secondary N) is 2. The fourth-order valence-corrected chi connectivity index (χ4v) is 3.75. The minimum atomic E-state index is -0.801. The third-order valence-electron chi connectivity index (χ3n) is 5.76. The fourth-order valence-electron chi connectivity index (χ4n) is 3.75. The van der Waals surface area contributed by atoms with E-state index in [1.807, 2.05) is 24.3 Å². The number of carbonyl (C=O) groups is 2. The summed E-state index contributed by atoms with van der Waals surface area (Å²) in [5.74, 6) is -0.0844. The number of amides is 2. The summed E-state index contributed by atoms with van der Waals surface area (Å²) in [5.41, 5.74) is 7.37. The average Bonchev–Trinajstić information content (AvgIpc) is 2.95. The van der Waals surface area contributed by atoms with Crippen molar-refractivity contribution in [1.29, 1.82) is 0 Å². The number of rotatable bonds is 17. The zero-order chi connectivity index (χ0) is 28.7. The molecule has 0 aromatic heterocycles. The van der Waals surface area contributed by atoms with E-state index in [1.54, 1.807) is 30.3 Å². The number of hydrogen-bond acceptors (Lipinski definition) is 9. The predicted molar refractivity (Wildman–Crippen MR) is 148 cm³/mol. The van der Waals surface area contributed by atoms with Crippen LogP contribution in [0.15, 0.2) is 66.7 Å². The first-order valence-corrected chi connectivity index (χ1v) is 12.8. The Kier molecular flexibility index (Phi) is 12.0. The van der Waals surface area contributed by atoms with Crippen molar-refractivity contribution >= 4 is 11.8 Å². The molecule has 3 aromatic carbocycles. The van der Waals surface area contributed by atoms with Gasteiger partial charge >= 0.3 is 0 Å². The van der Waals surface area contributed by atoms with Crippen LogP contribution in [0.1, 0.15) is 21.5 Å². The first-order chi connectivity index (χ1) is 19.4. The van der Waals surface area contributed by atoms with Crippen LogP contribution < -0.4 is 30.6 Å². The van der Waals surface area contributed by atoms with Crippen LogP contribution in [0.4, 0.5) is 0 Å². The topological polar surface area (TPSA) is 173 Å². The summed E-state index contributed by atoms with van der Waals surface area (Å²) in [6, 6.07) is 19.1. The standard InChI is InChI=1S/C29H35N3O8/c30-29(37)24-15-23(9-10-25(24)35)38-14-11-20-5-1-2-6-21(20)16-31-17-22(34)18-39-26-7-3-4-8-27(26)40-19-28(36)32-12-13-33/h1-10,15,22,31,33-35H,11-14,16-19H2,(H2,30,37)(H,32,36). The summed E-state index contributed by atoms with van der Waals surface area (Å²) >= 11 is 0. The van der Waals surface area contributed by atoms with E-state index >= 15 is 0 Å². The Hall–Kier alpha value is -4.32. The molecule has 3 rings (SSSR count). The summed E-state index contributed by atoms with van der Waals surface area (Å²) in [6.07, 6.45) is -0.198. The van der Waals surface area contributed by atoms with Crippen LogP contribution in [-0.2, 0) is 17.8 Å². The average molecular weight is 554 g/mol. The smallest absolute Gasteiger partial charge is 0.258 e. The molecule has 1 atom stereocenters. The minimum Gasteiger partial charge on any atom is -0.507 e. The lowest BCUT2D eigenvalue weighted by atomic mass is 10.0. The van der Waals surface area contributed by atoms with E-state index in [-0.39, 0.29) is 50.1 Å². The van der Waals surface area contributed by atoms with Gasteiger partial charge in [0, 0.05) is 26.1 Å². The third kappa shape index (κ3) is 9.77. The highest BCUT2D eigenvalue weighted by molar-refractivity contribution is 5.95. The van der Waals surface area contributed by atoms with Crippen LogP contribution in [0, 0.1) is 0 Å². The lowest BCUT2D eigenvalue weighted by molar-refractivity contribution is -0.123. The van der Waals surface area contributed by atoms with Crippen LogP contribution in [0.25, 0.3) is 0 Å². The van der Waals surface area contributed by atoms with Crippen molar-refractivity contribution in [3.8, 4) is 23.0 Å². The second kappa shape index (κ2) is 15.9. The molecule has 0 saturated heterocycles. The predicted octanol–water partition coefficient (Wildman–Crippen LogP) is 1.13. The molecule has 214 valence electrons. The Morgan fingerprint density at radius 2 is 1.62 bits per heavy atom. The monoisotopic (exact) mass is 553 g/mol. The van der Waals surface area contributed by atoms with Gasteiger partial charge in [-0.2, -0.15) is 0 Å². The number of aromatic hydroxyl groups is 1. The summed E-state index contributed by atoms with van der Waals surface area (Å²) < 4.78 is 17.0. The number of carbonyl (C=O) groups excluding carboxylic acids is 2. The molecule has 0 radical (unpaired) electrons. The number of hydrogen-bond donors (Lipinski definition) is 6. The van der Waals surface area contributed by atoms with Crippen molar-refractivity contribution in [2.45, 2.75) is 19.1 Å². The van der Waals surface area contributed by atoms with Crippen LogP contribution in [0.2, 0.25) is 0 Å². The van der Waals surface area contributed by atoms with Gasteiger partial charge in [0.2, 0.25) is 0 Å². The van der Waals surface area contributed by atoms with Gasteiger partial charge in [-0.3, -0.25) is 9.59 Å². The van der Waals surface area contributed by atoms with Crippen LogP contribution >= 0.6 is 0 Å². The molecule has 0 aliphatic rings. The number of phenols is 1. The molecule has 0 aliphatic heterocycles. The lowest BCUT2D eigenvalue weighted by Crippen LogP contribution is -2.32. The van der Waals surface area contributed by atoms with Gasteiger partial charge in [-0.25, -0.2) is 0 Å². The lowest BCUT2D eigenvalue weighted by Gasteiger charge is -2.16. The largest absolute Gasteiger partial charge is 0.507 e. The van der Waals surface area contributed by atoms with E-state index in [9.17, 15) is 19.8 Å². The Bertz CT molecular complexity index is 1250. The highest BCUT2D eigenvalue weighted by atomic mass is 16.5. The molecule has 0 aliphatic carbocycles. The van der Waals surface area contributed by atoms with Crippen LogP contribution in [0.3, 0.4) is 0 Å². The fraction of sp³-hybridized carbons (Fsp3) is 0.310. The molecule has 0 spiro atoms. The van der Waals surface area contributed by atoms with Crippen molar-refractivity contribution in [2.24, 2.45) is 5.73 Å². The van der Waals surface area contributed by atoms with Crippen molar-refractivity contribution in [2.75, 3.05) is 39.5 Å². The molecule has 0 bridgehead atoms. The van der Waals surface area contributed by atoms with E-state index in [0.29, 0.717) is 36.8 Å². The Labute approximate surface area is 232 Å². The molecular weight excluding hydrogens is 518 g/mol. The van der Waals surface area contributed by atoms with Crippen molar-refractivity contribution in [3.63, 3.8) is 0 Å². The van der Waals surface area contributed by atoms with Crippen LogP contribution in [-0.4, -0.2) is 72.8 Å². The second-order valence-electron chi connectivity index (χ2n) is 8.82. The SMILES string of the molecule is NC(=O)c1cc(OCCc2ccccc2CNCC(O)COc2ccccc2OCC(=O)NCCO)ccc1O. The summed E-state index contributed by atoms with van der Waals surface area (Å²) in [5, 5.41) is 34.7. The number of benzene rings is 3. The van der Waals surface area contributed by atoms with E-state index in [1.165, 1.54) is 12.1 Å². The Balaban J connectivity index is 1.43. The van der Waals surface area contributed by atoms with Gasteiger partial charge in [-0.1, -0.05) is 36.4 Å². The first kappa shape index (κ1) is 30.2. The highest BCUT2D eigenvalue weighted by Crippen LogP contribution is 2.26. The Morgan fingerprint density at radius 3 is 2.35 bits per heavy atom. The maximum absolute atomic E-state index is 11.7. The van der Waals surface area contributed by atoms with E-state index in [2.05, 4.69) is 10.6 Å². The van der Waals surface area contributed by atoms with Gasteiger partial charge in [0.1, 0.15) is 24.2 Å². The molecule has 0 fully saturated rings. The van der Waals surface area contributed by atoms with Gasteiger partial charge in [-0.15, -0.1) is 0 Å². The zero-order valence-corrected chi connectivity index (χ0v) is 22.0. The number of para-hydroxylation sites is 2. The maximum Gasteiger partial charge on any atom is 0.258 e. The van der Waals surface area contributed by atoms with E-state index < -0.39 is 12.0 Å².